The lowest BCUT2D eigenvalue weighted by Gasteiger charge is -2.18. The zero-order chi connectivity index (χ0) is 19.4. The standard InChI is InChI=1S/C18H17N3O4S2/c1-3-9-21(10-4-2)27(23,24)13-7-8-14-16(12-13)26-18(19-14)20-17(22)15-6-5-11-25-15/h3-8,11-12H,1-2,9-10H2,(H,19,20,22). The van der Waals surface area contributed by atoms with Gasteiger partial charge in [-0.25, -0.2) is 13.4 Å². The van der Waals surface area contributed by atoms with Crippen molar-refractivity contribution in [2.45, 2.75) is 4.90 Å². The Hall–Kier alpha value is -2.75. The first-order valence-corrected chi connectivity index (χ1v) is 10.2. The minimum absolute atomic E-state index is 0.145. The average molecular weight is 403 g/mol. The second-order valence-electron chi connectivity index (χ2n) is 5.48. The highest BCUT2D eigenvalue weighted by atomic mass is 32.2. The Morgan fingerprint density at radius 1 is 1.26 bits per heavy atom. The fourth-order valence-electron chi connectivity index (χ4n) is 2.39. The van der Waals surface area contributed by atoms with Gasteiger partial charge in [-0.2, -0.15) is 4.31 Å². The number of rotatable bonds is 8. The molecular weight excluding hydrogens is 386 g/mol. The Balaban J connectivity index is 1.90. The van der Waals surface area contributed by atoms with Gasteiger partial charge in [0.05, 0.1) is 21.4 Å². The number of sulfonamides is 1. The first kappa shape index (κ1) is 19.0. The van der Waals surface area contributed by atoms with Gasteiger partial charge < -0.3 is 4.42 Å². The normalized spacial score (nSPS) is 11.6. The lowest BCUT2D eigenvalue weighted by Crippen LogP contribution is -2.31. The molecular formula is C18H17N3O4S2. The number of fused-ring (bicyclic) bond motifs is 1. The second-order valence-corrected chi connectivity index (χ2v) is 8.45. The molecule has 2 heterocycles. The second kappa shape index (κ2) is 7.87. The summed E-state index contributed by atoms with van der Waals surface area (Å²) in [6, 6.07) is 7.81. The van der Waals surface area contributed by atoms with E-state index in [9.17, 15) is 13.2 Å². The maximum absolute atomic E-state index is 12.8. The lowest BCUT2D eigenvalue weighted by molar-refractivity contribution is 0.0996. The number of furan rings is 1. The largest absolute Gasteiger partial charge is 0.459 e. The smallest absolute Gasteiger partial charge is 0.293 e. The van der Waals surface area contributed by atoms with Gasteiger partial charge in [-0.15, -0.1) is 13.2 Å². The predicted molar refractivity (Wildman–Crippen MR) is 105 cm³/mol. The minimum Gasteiger partial charge on any atom is -0.459 e. The highest BCUT2D eigenvalue weighted by Gasteiger charge is 2.23. The first-order valence-electron chi connectivity index (χ1n) is 7.93. The molecule has 2 aromatic heterocycles. The molecule has 0 bridgehead atoms. The van der Waals surface area contributed by atoms with Crippen molar-refractivity contribution in [2.24, 2.45) is 0 Å². The van der Waals surface area contributed by atoms with E-state index in [1.165, 1.54) is 40.1 Å². The van der Waals surface area contributed by atoms with Crippen molar-refractivity contribution in [1.82, 2.24) is 9.29 Å². The summed E-state index contributed by atoms with van der Waals surface area (Å²) in [7, 11) is -3.70. The molecule has 0 aliphatic carbocycles. The molecule has 0 aliphatic rings. The molecule has 1 N–H and O–H groups in total. The third kappa shape index (κ3) is 4.00. The van der Waals surface area contributed by atoms with Gasteiger partial charge in [0.15, 0.2) is 10.9 Å². The van der Waals surface area contributed by atoms with Gasteiger partial charge in [-0.05, 0) is 30.3 Å². The van der Waals surface area contributed by atoms with Gasteiger partial charge >= 0.3 is 0 Å². The average Bonchev–Trinajstić information content (AvgIpc) is 3.30. The van der Waals surface area contributed by atoms with Crippen LogP contribution in [0.3, 0.4) is 0 Å². The molecule has 3 aromatic rings. The van der Waals surface area contributed by atoms with Crippen molar-refractivity contribution >= 4 is 42.6 Å². The van der Waals surface area contributed by atoms with Crippen LogP contribution in [0.5, 0.6) is 0 Å². The molecule has 0 saturated carbocycles. The van der Waals surface area contributed by atoms with Crippen LogP contribution < -0.4 is 5.32 Å². The van der Waals surface area contributed by atoms with Crippen molar-refractivity contribution in [3.8, 4) is 0 Å². The maximum atomic E-state index is 12.8. The number of hydrogen-bond donors (Lipinski definition) is 1. The van der Waals surface area contributed by atoms with Gasteiger partial charge in [0, 0.05) is 13.1 Å². The Morgan fingerprint density at radius 2 is 2.00 bits per heavy atom. The zero-order valence-electron chi connectivity index (χ0n) is 14.3. The van der Waals surface area contributed by atoms with Crippen LogP contribution in [0.15, 0.2) is 71.2 Å². The summed E-state index contributed by atoms with van der Waals surface area (Å²) in [5, 5.41) is 3.00. The number of carbonyl (C=O) groups excluding carboxylic acids is 1. The zero-order valence-corrected chi connectivity index (χ0v) is 15.9. The van der Waals surface area contributed by atoms with Gasteiger partial charge in [-0.1, -0.05) is 23.5 Å². The quantitative estimate of drug-likeness (QED) is 0.581. The lowest BCUT2D eigenvalue weighted by atomic mass is 10.3. The number of nitrogens with one attached hydrogen (secondary N) is 1. The van der Waals surface area contributed by atoms with Gasteiger partial charge in [0.2, 0.25) is 10.0 Å². The molecule has 7 nitrogen and oxygen atoms in total. The molecule has 0 spiro atoms. The van der Waals surface area contributed by atoms with Crippen molar-refractivity contribution in [3.63, 3.8) is 0 Å². The van der Waals surface area contributed by atoms with E-state index >= 15 is 0 Å². The van der Waals surface area contributed by atoms with Crippen molar-refractivity contribution in [1.29, 1.82) is 0 Å². The van der Waals surface area contributed by atoms with Crippen LogP contribution in [0.2, 0.25) is 0 Å². The summed E-state index contributed by atoms with van der Waals surface area (Å²) in [6.07, 6.45) is 4.45. The molecule has 1 amide bonds. The van der Waals surface area contributed by atoms with Crippen LogP contribution in [0, 0.1) is 0 Å². The van der Waals surface area contributed by atoms with Gasteiger partial charge in [0.25, 0.3) is 5.91 Å². The van der Waals surface area contributed by atoms with E-state index < -0.39 is 15.9 Å². The molecule has 0 radical (unpaired) electrons. The van der Waals surface area contributed by atoms with Crippen molar-refractivity contribution in [2.75, 3.05) is 18.4 Å². The van der Waals surface area contributed by atoms with Crippen LogP contribution in [0.25, 0.3) is 10.2 Å². The Morgan fingerprint density at radius 3 is 2.63 bits per heavy atom. The van der Waals surface area contributed by atoms with Crippen LogP contribution in [-0.4, -0.2) is 36.7 Å². The number of benzene rings is 1. The Kier molecular flexibility index (Phi) is 5.54. The third-order valence-electron chi connectivity index (χ3n) is 3.63. The monoisotopic (exact) mass is 403 g/mol. The van der Waals surface area contributed by atoms with E-state index in [0.717, 1.165) is 0 Å². The first-order chi connectivity index (χ1) is 13.0. The summed E-state index contributed by atoms with van der Waals surface area (Å²) in [5.41, 5.74) is 0.590. The molecule has 9 heteroatoms. The molecule has 27 heavy (non-hydrogen) atoms. The highest BCUT2D eigenvalue weighted by molar-refractivity contribution is 7.89. The van der Waals surface area contributed by atoms with E-state index in [-0.39, 0.29) is 23.7 Å². The molecule has 3 rings (SSSR count). The molecule has 0 atom stereocenters. The summed E-state index contributed by atoms with van der Waals surface area (Å²) < 4.78 is 32.6. The van der Waals surface area contributed by atoms with E-state index in [4.69, 9.17) is 4.42 Å². The minimum atomic E-state index is -3.70. The number of amides is 1. The fourth-order valence-corrected chi connectivity index (χ4v) is 4.78. The maximum Gasteiger partial charge on any atom is 0.293 e. The molecule has 0 aliphatic heterocycles. The molecule has 0 saturated heterocycles. The Bertz CT molecular complexity index is 1080. The van der Waals surface area contributed by atoms with E-state index in [1.54, 1.807) is 24.3 Å². The number of carbonyl (C=O) groups is 1. The summed E-state index contributed by atoms with van der Waals surface area (Å²) in [6.45, 7) is 7.55. The van der Waals surface area contributed by atoms with E-state index in [2.05, 4.69) is 23.5 Å². The van der Waals surface area contributed by atoms with Gasteiger partial charge in [-0.3, -0.25) is 10.1 Å². The molecule has 140 valence electrons. The SMILES string of the molecule is C=CCN(CC=C)S(=O)(=O)c1ccc2nc(NC(=O)c3ccco3)sc2c1. The van der Waals surface area contributed by atoms with Crippen molar-refractivity contribution < 1.29 is 17.6 Å². The van der Waals surface area contributed by atoms with Crippen LogP contribution in [0.4, 0.5) is 5.13 Å². The number of aromatic nitrogens is 1. The third-order valence-corrected chi connectivity index (χ3v) is 6.39. The number of anilines is 1. The number of nitrogens with zero attached hydrogens (tertiary/aromatic N) is 2. The molecule has 0 fully saturated rings. The summed E-state index contributed by atoms with van der Waals surface area (Å²) >= 11 is 1.18. The van der Waals surface area contributed by atoms with E-state index in [1.807, 2.05) is 0 Å². The van der Waals surface area contributed by atoms with Gasteiger partial charge in [0.1, 0.15) is 0 Å². The highest BCUT2D eigenvalue weighted by Crippen LogP contribution is 2.29. The predicted octanol–water partition coefficient (Wildman–Crippen LogP) is 3.50. The van der Waals surface area contributed by atoms with E-state index in [0.29, 0.717) is 15.3 Å². The fraction of sp³-hybridized carbons (Fsp3) is 0.111. The summed E-state index contributed by atoms with van der Waals surface area (Å²) in [4.78, 5) is 16.5. The topological polar surface area (TPSA) is 92.5 Å². The van der Waals surface area contributed by atoms with Crippen LogP contribution in [-0.2, 0) is 10.0 Å². The molecule has 1 aromatic carbocycles. The molecule has 0 unspecified atom stereocenters. The Labute approximate surface area is 160 Å². The van der Waals surface area contributed by atoms with Crippen LogP contribution >= 0.6 is 11.3 Å². The van der Waals surface area contributed by atoms with Crippen molar-refractivity contribution in [3.05, 3.63) is 67.7 Å². The summed E-state index contributed by atoms with van der Waals surface area (Å²) in [5.74, 6) is -0.253. The number of thiazole rings is 1. The van der Waals surface area contributed by atoms with Crippen LogP contribution in [0.1, 0.15) is 10.6 Å². The number of hydrogen-bond acceptors (Lipinski definition) is 6.